The van der Waals surface area contributed by atoms with E-state index in [4.69, 9.17) is 9.84 Å². The molecule has 0 radical (unpaired) electrons. The molecular formula is C12H9N3O5. The van der Waals surface area contributed by atoms with Crippen LogP contribution in [0.3, 0.4) is 0 Å². The topological polar surface area (TPSA) is 115 Å². The summed E-state index contributed by atoms with van der Waals surface area (Å²) in [6, 6.07) is 6.95. The van der Waals surface area contributed by atoms with Crippen molar-refractivity contribution in [3.8, 4) is 11.6 Å². The van der Waals surface area contributed by atoms with Crippen LogP contribution in [0.15, 0.2) is 30.3 Å². The van der Waals surface area contributed by atoms with Crippen LogP contribution in [0.4, 0.5) is 5.69 Å². The van der Waals surface area contributed by atoms with Crippen molar-refractivity contribution < 1.29 is 19.6 Å². The van der Waals surface area contributed by atoms with Gasteiger partial charge in [0.2, 0.25) is 11.6 Å². The van der Waals surface area contributed by atoms with Crippen LogP contribution in [-0.4, -0.2) is 26.2 Å². The van der Waals surface area contributed by atoms with E-state index in [0.717, 1.165) is 5.56 Å². The number of rotatable bonds is 4. The number of aromatic carboxylic acids is 1. The van der Waals surface area contributed by atoms with Gasteiger partial charge in [-0.15, -0.1) is 10.2 Å². The number of ether oxygens (including phenoxy) is 1. The van der Waals surface area contributed by atoms with Gasteiger partial charge in [-0.3, -0.25) is 10.1 Å². The molecule has 0 saturated carbocycles. The second kappa shape index (κ2) is 5.31. The highest BCUT2D eigenvalue weighted by Crippen LogP contribution is 2.30. The highest BCUT2D eigenvalue weighted by atomic mass is 16.6. The number of hydrogen-bond acceptors (Lipinski definition) is 6. The predicted molar refractivity (Wildman–Crippen MR) is 66.9 cm³/mol. The van der Waals surface area contributed by atoms with Gasteiger partial charge in [-0.2, -0.15) is 0 Å². The fourth-order valence-electron chi connectivity index (χ4n) is 1.46. The van der Waals surface area contributed by atoms with Gasteiger partial charge in [-0.05, 0) is 24.6 Å². The average Bonchev–Trinajstić information content (AvgIpc) is 2.41. The van der Waals surface area contributed by atoms with Crippen LogP contribution < -0.4 is 4.74 Å². The molecule has 102 valence electrons. The summed E-state index contributed by atoms with van der Waals surface area (Å²) < 4.78 is 5.25. The fraction of sp³-hybridized carbons (Fsp3) is 0.0833. The number of hydrogen-bond donors (Lipinski definition) is 1. The zero-order valence-corrected chi connectivity index (χ0v) is 10.3. The van der Waals surface area contributed by atoms with Gasteiger partial charge in [-0.25, -0.2) is 4.79 Å². The summed E-state index contributed by atoms with van der Waals surface area (Å²) in [5.41, 5.74) is 0.279. The summed E-state index contributed by atoms with van der Waals surface area (Å²) in [5.74, 6) is -1.23. The van der Waals surface area contributed by atoms with E-state index >= 15 is 0 Å². The Bertz CT molecular complexity index is 669. The predicted octanol–water partition coefficient (Wildman–Crippen LogP) is 2.18. The average molecular weight is 275 g/mol. The molecule has 2 aromatic rings. The first kappa shape index (κ1) is 13.4. The van der Waals surface area contributed by atoms with Gasteiger partial charge in [0.05, 0.1) is 4.92 Å². The summed E-state index contributed by atoms with van der Waals surface area (Å²) in [5, 5.41) is 26.6. The molecule has 0 fully saturated rings. The van der Waals surface area contributed by atoms with Crippen LogP contribution >= 0.6 is 0 Å². The van der Waals surface area contributed by atoms with E-state index in [-0.39, 0.29) is 23.0 Å². The molecule has 2 rings (SSSR count). The number of aromatic nitrogens is 2. The Morgan fingerprint density at radius 3 is 2.60 bits per heavy atom. The second-order valence-corrected chi connectivity index (χ2v) is 3.89. The molecule has 0 aliphatic carbocycles. The normalized spacial score (nSPS) is 10.1. The third-order valence-corrected chi connectivity index (χ3v) is 2.38. The van der Waals surface area contributed by atoms with Crippen LogP contribution in [0.25, 0.3) is 0 Å². The number of aryl methyl sites for hydroxylation is 1. The molecule has 1 heterocycles. The number of carbonyl (C=O) groups is 1. The number of nitro groups is 1. The van der Waals surface area contributed by atoms with Crippen molar-refractivity contribution in [1.29, 1.82) is 0 Å². The van der Waals surface area contributed by atoms with Crippen molar-refractivity contribution in [1.82, 2.24) is 10.2 Å². The summed E-state index contributed by atoms with van der Waals surface area (Å²) in [6.07, 6.45) is 0. The quantitative estimate of drug-likeness (QED) is 0.671. The smallest absolute Gasteiger partial charge is 0.356 e. The maximum Gasteiger partial charge on any atom is 0.356 e. The molecule has 0 spiro atoms. The van der Waals surface area contributed by atoms with E-state index in [1.165, 1.54) is 24.3 Å². The first-order valence-electron chi connectivity index (χ1n) is 5.47. The molecule has 0 bridgehead atoms. The summed E-state index contributed by atoms with van der Waals surface area (Å²) in [7, 11) is 0. The Labute approximate surface area is 112 Å². The Balaban J connectivity index is 2.30. The van der Waals surface area contributed by atoms with Gasteiger partial charge in [0.1, 0.15) is 0 Å². The van der Waals surface area contributed by atoms with E-state index in [1.54, 1.807) is 13.0 Å². The monoisotopic (exact) mass is 275 g/mol. The van der Waals surface area contributed by atoms with E-state index in [1.807, 2.05) is 0 Å². The van der Waals surface area contributed by atoms with Crippen molar-refractivity contribution in [3.05, 3.63) is 51.7 Å². The second-order valence-electron chi connectivity index (χ2n) is 3.89. The summed E-state index contributed by atoms with van der Waals surface area (Å²) >= 11 is 0. The number of carboxylic acids is 1. The van der Waals surface area contributed by atoms with E-state index in [9.17, 15) is 14.9 Å². The molecule has 0 unspecified atom stereocenters. The van der Waals surface area contributed by atoms with Crippen molar-refractivity contribution in [3.63, 3.8) is 0 Å². The molecule has 0 aliphatic heterocycles. The minimum absolute atomic E-state index is 0.0120. The van der Waals surface area contributed by atoms with Crippen LogP contribution in [-0.2, 0) is 0 Å². The fourth-order valence-corrected chi connectivity index (χ4v) is 1.46. The maximum atomic E-state index is 10.9. The van der Waals surface area contributed by atoms with Gasteiger partial charge in [0, 0.05) is 12.1 Å². The first-order valence-corrected chi connectivity index (χ1v) is 5.47. The zero-order valence-electron chi connectivity index (χ0n) is 10.3. The van der Waals surface area contributed by atoms with Crippen molar-refractivity contribution in [2.45, 2.75) is 6.92 Å². The van der Waals surface area contributed by atoms with Crippen LogP contribution in [0.1, 0.15) is 16.1 Å². The van der Waals surface area contributed by atoms with Gasteiger partial charge in [0.25, 0.3) is 0 Å². The lowest BCUT2D eigenvalue weighted by molar-refractivity contribution is -0.385. The van der Waals surface area contributed by atoms with Crippen LogP contribution in [0, 0.1) is 17.0 Å². The van der Waals surface area contributed by atoms with Gasteiger partial charge in [-0.1, -0.05) is 6.07 Å². The molecule has 20 heavy (non-hydrogen) atoms. The lowest BCUT2D eigenvalue weighted by atomic mass is 10.2. The number of nitro benzene ring substituents is 1. The number of benzene rings is 1. The lowest BCUT2D eigenvalue weighted by Crippen LogP contribution is -2.02. The highest BCUT2D eigenvalue weighted by Gasteiger charge is 2.16. The Morgan fingerprint density at radius 2 is 2.05 bits per heavy atom. The first-order chi connectivity index (χ1) is 9.47. The van der Waals surface area contributed by atoms with E-state index < -0.39 is 10.9 Å². The standard InChI is InChI=1S/C12H9N3O5/c1-7-2-4-10(9(6-7)15(18)19)20-11-5-3-8(12(16)17)13-14-11/h2-6H,1H3,(H,16,17). The van der Waals surface area contributed by atoms with Crippen LogP contribution in [0.5, 0.6) is 11.6 Å². The third kappa shape index (κ3) is 2.86. The molecule has 8 heteroatoms. The molecule has 0 amide bonds. The molecule has 1 aromatic carbocycles. The third-order valence-electron chi connectivity index (χ3n) is 2.38. The van der Waals surface area contributed by atoms with Crippen molar-refractivity contribution in [2.24, 2.45) is 0 Å². The van der Waals surface area contributed by atoms with Gasteiger partial charge in [0.15, 0.2) is 5.69 Å². The molecular weight excluding hydrogens is 266 g/mol. The molecule has 8 nitrogen and oxygen atoms in total. The van der Waals surface area contributed by atoms with Crippen LogP contribution in [0.2, 0.25) is 0 Å². The maximum absolute atomic E-state index is 10.9. The highest BCUT2D eigenvalue weighted by molar-refractivity contribution is 5.84. The minimum atomic E-state index is -1.22. The Hall–Kier alpha value is -3.03. The molecule has 0 saturated heterocycles. The van der Waals surface area contributed by atoms with E-state index in [2.05, 4.69) is 10.2 Å². The molecule has 1 N–H and O–H groups in total. The molecule has 0 atom stereocenters. The van der Waals surface area contributed by atoms with Crippen molar-refractivity contribution >= 4 is 11.7 Å². The lowest BCUT2D eigenvalue weighted by Gasteiger charge is -2.05. The zero-order chi connectivity index (χ0) is 14.7. The Morgan fingerprint density at radius 1 is 1.30 bits per heavy atom. The van der Waals surface area contributed by atoms with E-state index in [0.29, 0.717) is 0 Å². The number of carboxylic acid groups (broad SMARTS) is 1. The SMILES string of the molecule is Cc1ccc(Oc2ccc(C(=O)O)nn2)c([N+](=O)[O-])c1. The van der Waals surface area contributed by atoms with Crippen molar-refractivity contribution in [2.75, 3.05) is 0 Å². The Kier molecular flexibility index (Phi) is 3.56. The van der Waals surface area contributed by atoms with Gasteiger partial charge < -0.3 is 9.84 Å². The number of nitrogens with zero attached hydrogens (tertiary/aromatic N) is 3. The molecule has 0 aliphatic rings. The largest absolute Gasteiger partial charge is 0.476 e. The summed E-state index contributed by atoms with van der Waals surface area (Å²) in [6.45, 7) is 1.72. The van der Waals surface area contributed by atoms with Gasteiger partial charge >= 0.3 is 11.7 Å². The summed E-state index contributed by atoms with van der Waals surface area (Å²) in [4.78, 5) is 21.0. The minimum Gasteiger partial charge on any atom is -0.476 e. The molecule has 1 aromatic heterocycles.